The number of hydrogen-bond donors (Lipinski definition) is 1. The third-order valence-corrected chi connectivity index (χ3v) is 4.08. The molecule has 0 radical (unpaired) electrons. The molecular formula is C19H26N2O4. The molecule has 1 N–H and O–H groups in total. The summed E-state index contributed by atoms with van der Waals surface area (Å²) in [5, 5.41) is 6.89. The van der Waals surface area contributed by atoms with E-state index in [1.54, 1.807) is 25.3 Å². The van der Waals surface area contributed by atoms with Gasteiger partial charge in [-0.2, -0.15) is 0 Å². The predicted octanol–water partition coefficient (Wildman–Crippen LogP) is 3.80. The van der Waals surface area contributed by atoms with Crippen LogP contribution in [0.4, 0.5) is 0 Å². The number of methoxy groups -OCH3 is 1. The first-order valence-corrected chi connectivity index (χ1v) is 8.49. The smallest absolute Gasteiger partial charge is 0.251 e. The number of amides is 1. The van der Waals surface area contributed by atoms with Gasteiger partial charge in [-0.05, 0) is 45.4 Å². The molecule has 1 atom stereocenters. The van der Waals surface area contributed by atoms with Crippen molar-refractivity contribution >= 4 is 5.91 Å². The average molecular weight is 346 g/mol. The summed E-state index contributed by atoms with van der Waals surface area (Å²) in [6, 6.07) is 5.31. The van der Waals surface area contributed by atoms with E-state index in [9.17, 15) is 4.79 Å². The number of hydrogen-bond acceptors (Lipinski definition) is 5. The lowest BCUT2D eigenvalue weighted by Gasteiger charge is -2.15. The molecule has 1 unspecified atom stereocenters. The Morgan fingerprint density at radius 3 is 2.68 bits per heavy atom. The van der Waals surface area contributed by atoms with Gasteiger partial charge in [0.05, 0.1) is 18.4 Å². The fourth-order valence-corrected chi connectivity index (χ4v) is 2.60. The molecule has 0 bridgehead atoms. The summed E-state index contributed by atoms with van der Waals surface area (Å²) >= 11 is 0. The highest BCUT2D eigenvalue weighted by Crippen LogP contribution is 2.29. The highest BCUT2D eigenvalue weighted by molar-refractivity contribution is 5.95. The van der Waals surface area contributed by atoms with Crippen LogP contribution in [0.1, 0.15) is 54.1 Å². The van der Waals surface area contributed by atoms with Crippen molar-refractivity contribution in [1.82, 2.24) is 10.5 Å². The number of carbonyl (C=O) groups excluding carboxylic acids is 1. The van der Waals surface area contributed by atoms with Crippen molar-refractivity contribution < 1.29 is 18.8 Å². The second kappa shape index (κ2) is 8.55. The largest absolute Gasteiger partial charge is 0.493 e. The van der Waals surface area contributed by atoms with Crippen molar-refractivity contribution in [2.45, 2.75) is 53.2 Å². The van der Waals surface area contributed by atoms with Gasteiger partial charge in [-0.15, -0.1) is 0 Å². The monoisotopic (exact) mass is 346 g/mol. The molecule has 1 aromatic carbocycles. The third-order valence-electron chi connectivity index (χ3n) is 4.08. The van der Waals surface area contributed by atoms with Gasteiger partial charge in [0.1, 0.15) is 12.4 Å². The highest BCUT2D eigenvalue weighted by Gasteiger charge is 2.15. The molecule has 136 valence electrons. The quantitative estimate of drug-likeness (QED) is 0.787. The Morgan fingerprint density at radius 1 is 1.32 bits per heavy atom. The number of benzene rings is 1. The van der Waals surface area contributed by atoms with Gasteiger partial charge < -0.3 is 19.3 Å². The van der Waals surface area contributed by atoms with Gasteiger partial charge in [-0.25, -0.2) is 0 Å². The molecular weight excluding hydrogens is 320 g/mol. The molecule has 0 aliphatic heterocycles. The summed E-state index contributed by atoms with van der Waals surface area (Å²) in [5.41, 5.74) is 2.26. The van der Waals surface area contributed by atoms with Gasteiger partial charge in [0, 0.05) is 11.6 Å². The lowest BCUT2D eigenvalue weighted by molar-refractivity contribution is 0.0938. The van der Waals surface area contributed by atoms with Crippen LogP contribution < -0.4 is 14.8 Å². The SMILES string of the molecule is CCCC(C)NC(=O)c1ccc(OCc2c(C)noc2C)c(OC)c1. The van der Waals surface area contributed by atoms with E-state index < -0.39 is 0 Å². The molecule has 0 aliphatic carbocycles. The molecule has 25 heavy (non-hydrogen) atoms. The van der Waals surface area contributed by atoms with Crippen molar-refractivity contribution in [1.29, 1.82) is 0 Å². The number of aryl methyl sites for hydroxylation is 2. The Morgan fingerprint density at radius 2 is 2.08 bits per heavy atom. The van der Waals surface area contributed by atoms with Crippen molar-refractivity contribution in [2.75, 3.05) is 7.11 Å². The van der Waals surface area contributed by atoms with Gasteiger partial charge in [0.15, 0.2) is 11.5 Å². The maximum absolute atomic E-state index is 12.3. The van der Waals surface area contributed by atoms with Crippen LogP contribution in [0.25, 0.3) is 0 Å². The zero-order valence-corrected chi connectivity index (χ0v) is 15.5. The molecule has 0 fully saturated rings. The van der Waals surface area contributed by atoms with Crippen LogP contribution in [0.5, 0.6) is 11.5 Å². The maximum Gasteiger partial charge on any atom is 0.251 e. The third kappa shape index (κ3) is 4.75. The van der Waals surface area contributed by atoms with Gasteiger partial charge in [0.25, 0.3) is 5.91 Å². The summed E-state index contributed by atoms with van der Waals surface area (Å²) < 4.78 is 16.3. The zero-order valence-electron chi connectivity index (χ0n) is 15.5. The molecule has 1 amide bonds. The van der Waals surface area contributed by atoms with Gasteiger partial charge in [0.2, 0.25) is 0 Å². The summed E-state index contributed by atoms with van der Waals surface area (Å²) in [5.74, 6) is 1.71. The number of ether oxygens (including phenoxy) is 2. The predicted molar refractivity (Wildman–Crippen MR) is 95.1 cm³/mol. The summed E-state index contributed by atoms with van der Waals surface area (Å²) in [4.78, 5) is 12.3. The molecule has 0 saturated heterocycles. The standard InChI is InChI=1S/C19H26N2O4/c1-6-7-12(2)20-19(22)15-8-9-17(18(10-15)23-5)24-11-16-13(3)21-25-14(16)4/h8-10,12H,6-7,11H2,1-5H3,(H,20,22). The minimum atomic E-state index is -0.114. The Bertz CT molecular complexity index is 705. The van der Waals surface area contributed by atoms with Crippen LogP contribution in [0.15, 0.2) is 22.7 Å². The summed E-state index contributed by atoms with van der Waals surface area (Å²) in [6.45, 7) is 8.14. The molecule has 2 aromatic rings. The second-order valence-electron chi connectivity index (χ2n) is 6.12. The van der Waals surface area contributed by atoms with Crippen molar-refractivity contribution in [3.63, 3.8) is 0 Å². The van der Waals surface area contributed by atoms with E-state index in [1.165, 1.54) is 0 Å². The zero-order chi connectivity index (χ0) is 18.4. The molecule has 6 nitrogen and oxygen atoms in total. The molecule has 2 rings (SSSR count). The maximum atomic E-state index is 12.3. The fraction of sp³-hybridized carbons (Fsp3) is 0.474. The van der Waals surface area contributed by atoms with E-state index in [0.717, 1.165) is 29.9 Å². The van der Waals surface area contributed by atoms with Crippen LogP contribution in [-0.2, 0) is 6.61 Å². The number of nitrogens with zero attached hydrogens (tertiary/aromatic N) is 1. The minimum absolute atomic E-state index is 0.114. The molecule has 0 saturated carbocycles. The number of rotatable bonds is 8. The summed E-state index contributed by atoms with van der Waals surface area (Å²) in [6.07, 6.45) is 1.97. The Labute approximate surface area is 148 Å². The highest BCUT2D eigenvalue weighted by atomic mass is 16.5. The van der Waals surface area contributed by atoms with Crippen LogP contribution in [0.3, 0.4) is 0 Å². The average Bonchev–Trinajstić information content (AvgIpc) is 2.91. The molecule has 1 heterocycles. The van der Waals surface area contributed by atoms with E-state index >= 15 is 0 Å². The fourth-order valence-electron chi connectivity index (χ4n) is 2.60. The van der Waals surface area contributed by atoms with Crippen molar-refractivity contribution in [3.05, 3.63) is 40.8 Å². The van der Waals surface area contributed by atoms with Crippen molar-refractivity contribution in [3.8, 4) is 11.5 Å². The Kier molecular flexibility index (Phi) is 6.44. The Balaban J connectivity index is 2.09. The first-order chi connectivity index (χ1) is 12.0. The van der Waals surface area contributed by atoms with Crippen LogP contribution in [0.2, 0.25) is 0 Å². The van der Waals surface area contributed by atoms with Crippen LogP contribution in [-0.4, -0.2) is 24.2 Å². The second-order valence-corrected chi connectivity index (χ2v) is 6.12. The normalized spacial score (nSPS) is 11.9. The first-order valence-electron chi connectivity index (χ1n) is 8.49. The minimum Gasteiger partial charge on any atom is -0.493 e. The number of nitrogens with one attached hydrogen (secondary N) is 1. The molecule has 0 aliphatic rings. The number of carbonyl (C=O) groups is 1. The van der Waals surface area contributed by atoms with Gasteiger partial charge >= 0.3 is 0 Å². The number of aromatic nitrogens is 1. The molecule has 6 heteroatoms. The van der Waals surface area contributed by atoms with Crippen molar-refractivity contribution in [2.24, 2.45) is 0 Å². The van der Waals surface area contributed by atoms with E-state index in [-0.39, 0.29) is 11.9 Å². The topological polar surface area (TPSA) is 73.6 Å². The molecule has 1 aromatic heterocycles. The lowest BCUT2D eigenvalue weighted by atomic mass is 10.1. The summed E-state index contributed by atoms with van der Waals surface area (Å²) in [7, 11) is 1.56. The van der Waals surface area contributed by atoms with E-state index in [0.29, 0.717) is 23.7 Å². The van der Waals surface area contributed by atoms with E-state index in [2.05, 4.69) is 17.4 Å². The van der Waals surface area contributed by atoms with Crippen LogP contribution in [0, 0.1) is 13.8 Å². The lowest BCUT2D eigenvalue weighted by Crippen LogP contribution is -2.32. The molecule has 0 spiro atoms. The van der Waals surface area contributed by atoms with E-state index in [4.69, 9.17) is 14.0 Å². The van der Waals surface area contributed by atoms with E-state index in [1.807, 2.05) is 20.8 Å². The van der Waals surface area contributed by atoms with Gasteiger partial charge in [-0.1, -0.05) is 18.5 Å². The first kappa shape index (κ1) is 18.8. The Hall–Kier alpha value is -2.50. The van der Waals surface area contributed by atoms with Crippen LogP contribution >= 0.6 is 0 Å². The van der Waals surface area contributed by atoms with Gasteiger partial charge in [-0.3, -0.25) is 4.79 Å².